The first-order valence-electron chi connectivity index (χ1n) is 8.44. The van der Waals surface area contributed by atoms with Crippen molar-refractivity contribution in [3.05, 3.63) is 0 Å². The molecule has 2 saturated heterocycles. The van der Waals surface area contributed by atoms with Gasteiger partial charge in [-0.3, -0.25) is 4.79 Å². The van der Waals surface area contributed by atoms with E-state index in [1.807, 2.05) is 4.90 Å². The van der Waals surface area contributed by atoms with Gasteiger partial charge in [0.2, 0.25) is 5.91 Å². The van der Waals surface area contributed by atoms with Crippen LogP contribution in [0.5, 0.6) is 0 Å². The second-order valence-corrected chi connectivity index (χ2v) is 6.44. The van der Waals surface area contributed by atoms with Crippen molar-refractivity contribution in [3.8, 4) is 0 Å². The van der Waals surface area contributed by atoms with Crippen LogP contribution < -0.4 is 5.32 Å². The normalized spacial score (nSPS) is 23.2. The molecule has 1 atom stereocenters. The zero-order valence-electron chi connectivity index (χ0n) is 13.2. The van der Waals surface area contributed by atoms with E-state index in [0.29, 0.717) is 12.6 Å². The van der Waals surface area contributed by atoms with Crippen molar-refractivity contribution < 1.29 is 4.79 Å². The number of carbonyl (C=O) groups is 1. The first-order valence-corrected chi connectivity index (χ1v) is 8.44. The first kappa shape index (κ1) is 15.8. The fraction of sp³-hybridized carbons (Fsp3) is 0.938. The van der Waals surface area contributed by atoms with E-state index in [2.05, 4.69) is 24.1 Å². The van der Waals surface area contributed by atoms with Crippen LogP contribution in [0.2, 0.25) is 0 Å². The topological polar surface area (TPSA) is 35.6 Å². The number of piperidine rings is 1. The van der Waals surface area contributed by atoms with E-state index in [9.17, 15) is 4.79 Å². The number of amides is 1. The third-order valence-electron chi connectivity index (χ3n) is 4.91. The molecule has 0 saturated carbocycles. The molecule has 1 amide bonds. The van der Waals surface area contributed by atoms with Gasteiger partial charge in [0.25, 0.3) is 0 Å². The summed E-state index contributed by atoms with van der Waals surface area (Å²) >= 11 is 0. The quantitative estimate of drug-likeness (QED) is 0.805. The average Bonchev–Trinajstić information content (AvgIpc) is 3.00. The highest BCUT2D eigenvalue weighted by Crippen LogP contribution is 2.20. The molecule has 0 spiro atoms. The number of hydrogen-bond acceptors (Lipinski definition) is 3. The number of carbonyl (C=O) groups excluding carboxylic acids is 1. The molecule has 116 valence electrons. The molecule has 20 heavy (non-hydrogen) atoms. The minimum Gasteiger partial charge on any atom is -0.342 e. The Balaban J connectivity index is 1.64. The number of likely N-dealkylation sites (tertiary alicyclic amines) is 2. The molecule has 0 aromatic rings. The molecule has 2 aliphatic heterocycles. The third kappa shape index (κ3) is 4.45. The summed E-state index contributed by atoms with van der Waals surface area (Å²) in [5.41, 5.74) is 0. The lowest BCUT2D eigenvalue weighted by Gasteiger charge is -2.35. The van der Waals surface area contributed by atoms with Gasteiger partial charge in [-0.25, -0.2) is 0 Å². The molecule has 4 heteroatoms. The lowest BCUT2D eigenvalue weighted by Crippen LogP contribution is -2.45. The van der Waals surface area contributed by atoms with Crippen molar-refractivity contribution in [1.29, 1.82) is 0 Å². The van der Waals surface area contributed by atoms with Crippen molar-refractivity contribution in [2.75, 3.05) is 39.3 Å². The van der Waals surface area contributed by atoms with Crippen molar-refractivity contribution >= 4 is 5.91 Å². The highest BCUT2D eigenvalue weighted by atomic mass is 16.2. The zero-order valence-corrected chi connectivity index (χ0v) is 13.2. The highest BCUT2D eigenvalue weighted by Gasteiger charge is 2.24. The molecule has 1 N–H and O–H groups in total. The average molecular weight is 281 g/mol. The minimum atomic E-state index is 0.290. The summed E-state index contributed by atoms with van der Waals surface area (Å²) in [6.07, 6.45) is 6.15. The van der Waals surface area contributed by atoms with Gasteiger partial charge in [-0.05, 0) is 64.6 Å². The Labute approximate surface area is 123 Å². The molecule has 0 aromatic heterocycles. The van der Waals surface area contributed by atoms with Gasteiger partial charge in [-0.1, -0.05) is 6.92 Å². The fourth-order valence-electron chi connectivity index (χ4n) is 3.49. The summed E-state index contributed by atoms with van der Waals surface area (Å²) in [4.78, 5) is 16.6. The van der Waals surface area contributed by atoms with Gasteiger partial charge in [0.1, 0.15) is 0 Å². The molecular formula is C16H31N3O. The molecule has 2 fully saturated rings. The second-order valence-electron chi connectivity index (χ2n) is 6.44. The van der Waals surface area contributed by atoms with Crippen LogP contribution in [0.25, 0.3) is 0 Å². The molecule has 0 aromatic carbocycles. The predicted molar refractivity (Wildman–Crippen MR) is 82.7 cm³/mol. The van der Waals surface area contributed by atoms with Gasteiger partial charge in [0, 0.05) is 19.1 Å². The van der Waals surface area contributed by atoms with Gasteiger partial charge < -0.3 is 15.1 Å². The molecule has 2 heterocycles. The van der Waals surface area contributed by atoms with E-state index in [1.165, 1.54) is 51.7 Å². The lowest BCUT2D eigenvalue weighted by atomic mass is 9.90. The van der Waals surface area contributed by atoms with Crippen molar-refractivity contribution in [3.63, 3.8) is 0 Å². The Morgan fingerprint density at radius 2 is 1.85 bits per heavy atom. The fourth-order valence-corrected chi connectivity index (χ4v) is 3.49. The number of hydrogen-bond donors (Lipinski definition) is 1. The van der Waals surface area contributed by atoms with Crippen molar-refractivity contribution in [2.24, 2.45) is 5.92 Å². The summed E-state index contributed by atoms with van der Waals surface area (Å²) in [6, 6.07) is 0.463. The van der Waals surface area contributed by atoms with E-state index in [0.717, 1.165) is 19.0 Å². The molecule has 0 bridgehead atoms. The van der Waals surface area contributed by atoms with Gasteiger partial charge in [0.15, 0.2) is 0 Å². The molecule has 0 aliphatic carbocycles. The SMILES string of the molecule is CCCN1CCC(C(C)NCC(=O)N2CCCC2)CC1. The summed E-state index contributed by atoms with van der Waals surface area (Å²) in [5.74, 6) is 1.02. The van der Waals surface area contributed by atoms with Gasteiger partial charge in [-0.15, -0.1) is 0 Å². The van der Waals surface area contributed by atoms with Gasteiger partial charge in [0.05, 0.1) is 6.54 Å². The van der Waals surface area contributed by atoms with E-state index in [1.54, 1.807) is 0 Å². The Morgan fingerprint density at radius 3 is 2.45 bits per heavy atom. The maximum atomic E-state index is 12.0. The summed E-state index contributed by atoms with van der Waals surface area (Å²) in [6.45, 7) is 10.6. The van der Waals surface area contributed by atoms with Crippen molar-refractivity contribution in [1.82, 2.24) is 15.1 Å². The molecule has 2 aliphatic rings. The molecule has 2 rings (SSSR count). The maximum absolute atomic E-state index is 12.0. The van der Waals surface area contributed by atoms with E-state index in [-0.39, 0.29) is 5.91 Å². The zero-order chi connectivity index (χ0) is 14.4. The highest BCUT2D eigenvalue weighted by molar-refractivity contribution is 5.78. The van der Waals surface area contributed by atoms with Gasteiger partial charge >= 0.3 is 0 Å². The van der Waals surface area contributed by atoms with Crippen LogP contribution in [0.15, 0.2) is 0 Å². The smallest absolute Gasteiger partial charge is 0.236 e. The van der Waals surface area contributed by atoms with E-state index in [4.69, 9.17) is 0 Å². The van der Waals surface area contributed by atoms with Gasteiger partial charge in [-0.2, -0.15) is 0 Å². The summed E-state index contributed by atoms with van der Waals surface area (Å²) < 4.78 is 0. The van der Waals surface area contributed by atoms with Crippen LogP contribution >= 0.6 is 0 Å². The van der Waals surface area contributed by atoms with E-state index < -0.39 is 0 Å². The number of rotatable bonds is 6. The van der Waals surface area contributed by atoms with E-state index >= 15 is 0 Å². The monoisotopic (exact) mass is 281 g/mol. The molecule has 4 nitrogen and oxygen atoms in total. The Hall–Kier alpha value is -0.610. The third-order valence-corrected chi connectivity index (χ3v) is 4.91. The molecule has 0 radical (unpaired) electrons. The Bertz CT molecular complexity index is 294. The van der Waals surface area contributed by atoms with Crippen LogP contribution in [-0.2, 0) is 4.79 Å². The second kappa shape index (κ2) is 7.99. The van der Waals surface area contributed by atoms with Crippen LogP contribution in [0, 0.1) is 5.92 Å². The number of nitrogens with one attached hydrogen (secondary N) is 1. The largest absolute Gasteiger partial charge is 0.342 e. The Morgan fingerprint density at radius 1 is 1.20 bits per heavy atom. The maximum Gasteiger partial charge on any atom is 0.236 e. The van der Waals surface area contributed by atoms with Crippen LogP contribution in [0.4, 0.5) is 0 Å². The minimum absolute atomic E-state index is 0.290. The van der Waals surface area contributed by atoms with Crippen molar-refractivity contribution in [2.45, 2.75) is 52.0 Å². The van der Waals surface area contributed by atoms with Crippen LogP contribution in [0.1, 0.15) is 46.0 Å². The predicted octanol–water partition coefficient (Wildman–Crippen LogP) is 1.71. The molecular weight excluding hydrogens is 250 g/mol. The standard InChI is InChI=1S/C16H31N3O/c1-3-8-18-11-6-15(7-12-18)14(2)17-13-16(20)19-9-4-5-10-19/h14-15,17H,3-13H2,1-2H3. The first-order chi connectivity index (χ1) is 9.70. The van der Waals surface area contributed by atoms with Crippen LogP contribution in [-0.4, -0.2) is 61.0 Å². The molecule has 1 unspecified atom stereocenters. The summed E-state index contributed by atoms with van der Waals surface area (Å²) in [5, 5.41) is 3.47. The lowest BCUT2D eigenvalue weighted by molar-refractivity contribution is -0.129. The Kier molecular flexibility index (Phi) is 6.30. The van der Waals surface area contributed by atoms with Crippen LogP contribution in [0.3, 0.4) is 0 Å². The number of nitrogens with zero attached hydrogens (tertiary/aromatic N) is 2. The summed E-state index contributed by atoms with van der Waals surface area (Å²) in [7, 11) is 0.